The molecule has 9 heteroatoms. The first-order chi connectivity index (χ1) is 19.2. The van der Waals surface area contributed by atoms with Gasteiger partial charge in [0, 0.05) is 31.7 Å². The average Bonchev–Trinajstić information content (AvgIpc) is 3.20. The maximum absolute atomic E-state index is 12.9. The predicted octanol–water partition coefficient (Wildman–Crippen LogP) is 3.81. The van der Waals surface area contributed by atoms with Crippen molar-refractivity contribution in [1.82, 2.24) is 15.1 Å². The molecule has 1 saturated heterocycles. The minimum absolute atomic E-state index is 0.0245. The lowest BCUT2D eigenvalue weighted by molar-refractivity contribution is 0.0363. The second kappa shape index (κ2) is 15.3. The van der Waals surface area contributed by atoms with Crippen molar-refractivity contribution in [2.45, 2.75) is 38.2 Å². The highest BCUT2D eigenvalue weighted by Crippen LogP contribution is 2.38. The van der Waals surface area contributed by atoms with E-state index in [0.29, 0.717) is 36.0 Å². The second-order valence-electron chi connectivity index (χ2n) is 10.0. The zero-order valence-corrected chi connectivity index (χ0v) is 23.3. The zero-order valence-electron chi connectivity index (χ0n) is 23.3. The fourth-order valence-electron chi connectivity index (χ4n) is 5.03. The van der Waals surface area contributed by atoms with Gasteiger partial charge >= 0.3 is 0 Å². The summed E-state index contributed by atoms with van der Waals surface area (Å²) >= 11 is 0. The van der Waals surface area contributed by atoms with Gasteiger partial charge in [-0.3, -0.25) is 4.79 Å². The van der Waals surface area contributed by atoms with E-state index < -0.39 is 0 Å². The van der Waals surface area contributed by atoms with Crippen LogP contribution in [0.25, 0.3) is 0 Å². The smallest absolute Gasteiger partial charge is 0.251 e. The van der Waals surface area contributed by atoms with Crippen molar-refractivity contribution in [3.8, 4) is 17.2 Å². The molecule has 2 aliphatic heterocycles. The summed E-state index contributed by atoms with van der Waals surface area (Å²) in [6.07, 6.45) is 6.25. The fraction of sp³-hybridized carbons (Fsp3) is 0.533. The Hall–Kier alpha value is -3.30. The maximum atomic E-state index is 12.9. The van der Waals surface area contributed by atoms with Crippen LogP contribution in [0.3, 0.4) is 0 Å². The lowest BCUT2D eigenvalue weighted by Crippen LogP contribution is -2.34. The van der Waals surface area contributed by atoms with Gasteiger partial charge in [0.15, 0.2) is 11.5 Å². The van der Waals surface area contributed by atoms with E-state index in [2.05, 4.69) is 20.3 Å². The number of ether oxygens (including phenoxy) is 3. The number of carbonyl (C=O) groups is 1. The van der Waals surface area contributed by atoms with E-state index in [1.807, 2.05) is 30.3 Å². The van der Waals surface area contributed by atoms with Crippen LogP contribution in [-0.2, 0) is 4.84 Å². The largest absolute Gasteiger partial charge is 0.493 e. The molecule has 0 aromatic heterocycles. The molecule has 3 atom stereocenters. The van der Waals surface area contributed by atoms with Gasteiger partial charge in [0.2, 0.25) is 5.75 Å². The van der Waals surface area contributed by atoms with Crippen LogP contribution in [0.1, 0.15) is 48.0 Å². The fourth-order valence-corrected chi connectivity index (χ4v) is 5.03. The molecule has 2 aromatic carbocycles. The van der Waals surface area contributed by atoms with Gasteiger partial charge in [0.25, 0.3) is 5.91 Å². The van der Waals surface area contributed by atoms with E-state index in [1.165, 1.54) is 0 Å². The van der Waals surface area contributed by atoms with Crippen molar-refractivity contribution in [3.05, 3.63) is 53.6 Å². The molecular formula is C30H42N4O5. The Morgan fingerprint density at radius 2 is 1.69 bits per heavy atom. The number of fused-ring (bicyclic) bond motifs is 5. The summed E-state index contributed by atoms with van der Waals surface area (Å²) in [4.78, 5) is 24.0. The number of methoxy groups -OCH3 is 2. The van der Waals surface area contributed by atoms with Gasteiger partial charge in [-0.05, 0) is 69.4 Å². The Kier molecular flexibility index (Phi) is 11.3. The summed E-state index contributed by atoms with van der Waals surface area (Å²) < 4.78 is 17.2. The monoisotopic (exact) mass is 538 g/mol. The number of oxime groups is 1. The number of hydrogen-bond donors (Lipinski definition) is 1. The molecule has 0 saturated carbocycles. The summed E-state index contributed by atoms with van der Waals surface area (Å²) in [6, 6.07) is 13.4. The highest BCUT2D eigenvalue weighted by atomic mass is 16.6. The van der Waals surface area contributed by atoms with Gasteiger partial charge in [-0.1, -0.05) is 35.5 Å². The van der Waals surface area contributed by atoms with Gasteiger partial charge in [-0.2, -0.15) is 0 Å². The minimum atomic E-state index is -0.148. The molecule has 2 aromatic rings. The van der Waals surface area contributed by atoms with E-state index in [0.717, 1.165) is 76.9 Å². The van der Waals surface area contributed by atoms with Crippen LogP contribution in [0.5, 0.6) is 17.2 Å². The van der Waals surface area contributed by atoms with E-state index in [9.17, 15) is 4.79 Å². The number of rotatable bonds is 5. The van der Waals surface area contributed by atoms with Gasteiger partial charge in [0.1, 0.15) is 6.10 Å². The normalized spacial score (nSPS) is 23.4. The van der Waals surface area contributed by atoms with Crippen LogP contribution in [0.15, 0.2) is 47.6 Å². The maximum Gasteiger partial charge on any atom is 0.251 e. The van der Waals surface area contributed by atoms with Gasteiger partial charge < -0.3 is 34.2 Å². The molecule has 0 radical (unpaired) electrons. The second-order valence-corrected chi connectivity index (χ2v) is 10.0. The van der Waals surface area contributed by atoms with Crippen molar-refractivity contribution in [3.63, 3.8) is 0 Å². The first kappa shape index (κ1) is 28.7. The van der Waals surface area contributed by atoms with Crippen LogP contribution >= 0.6 is 0 Å². The summed E-state index contributed by atoms with van der Waals surface area (Å²) in [5.41, 5.74) is 1.50. The SMILES string of the molecule is COc1cc2cc(c1OC)OCCC[C@@H](O/N=C/c1ccccc1)CCN1CCCN(CCCNC2=O)CC1. The molecule has 9 nitrogen and oxygen atoms in total. The number of benzene rings is 2. The van der Waals surface area contributed by atoms with Crippen LogP contribution in [-0.4, -0.2) is 94.7 Å². The number of nitrogens with zero attached hydrogens (tertiary/aromatic N) is 3. The topological polar surface area (TPSA) is 84.9 Å². The van der Waals surface area contributed by atoms with Crippen molar-refractivity contribution in [1.29, 1.82) is 0 Å². The first-order valence-electron chi connectivity index (χ1n) is 14.0. The van der Waals surface area contributed by atoms with Crippen molar-refractivity contribution < 1.29 is 23.8 Å². The lowest BCUT2D eigenvalue weighted by Gasteiger charge is -2.23. The van der Waals surface area contributed by atoms with E-state index in [1.54, 1.807) is 32.6 Å². The van der Waals surface area contributed by atoms with Crippen LogP contribution < -0.4 is 19.5 Å². The van der Waals surface area contributed by atoms with Crippen molar-refractivity contribution in [2.75, 3.05) is 66.6 Å². The Morgan fingerprint density at radius 3 is 2.46 bits per heavy atom. The summed E-state index contributed by atoms with van der Waals surface area (Å²) in [7, 11) is 3.13. The molecule has 4 rings (SSSR count). The Labute approximate surface area is 232 Å². The molecular weight excluding hydrogens is 496 g/mol. The highest BCUT2D eigenvalue weighted by Gasteiger charge is 2.20. The lowest BCUT2D eigenvalue weighted by atomic mass is 10.1. The van der Waals surface area contributed by atoms with Gasteiger partial charge in [-0.15, -0.1) is 0 Å². The third kappa shape index (κ3) is 8.86. The molecule has 39 heavy (non-hydrogen) atoms. The van der Waals surface area contributed by atoms with Crippen molar-refractivity contribution >= 4 is 12.1 Å². The third-order valence-electron chi connectivity index (χ3n) is 7.23. The Balaban J connectivity index is 1.48. The zero-order chi connectivity index (χ0) is 27.3. The minimum Gasteiger partial charge on any atom is -0.493 e. The third-order valence-corrected chi connectivity index (χ3v) is 7.23. The van der Waals surface area contributed by atoms with E-state index in [-0.39, 0.29) is 12.0 Å². The van der Waals surface area contributed by atoms with E-state index >= 15 is 0 Å². The summed E-state index contributed by atoms with van der Waals surface area (Å²) in [5.74, 6) is 1.29. The number of nitrogens with one attached hydrogen (secondary N) is 1. The molecule has 1 fully saturated rings. The molecule has 2 heterocycles. The first-order valence-corrected chi connectivity index (χ1v) is 14.0. The quantitative estimate of drug-likeness (QED) is 0.458. The molecule has 2 unspecified atom stereocenters. The highest BCUT2D eigenvalue weighted by molar-refractivity contribution is 5.95. The average molecular weight is 539 g/mol. The van der Waals surface area contributed by atoms with Gasteiger partial charge in [-0.25, -0.2) is 0 Å². The molecule has 4 bridgehead atoms. The number of carbonyl (C=O) groups excluding carboxylic acids is 1. The number of hydrogen-bond acceptors (Lipinski definition) is 8. The van der Waals surface area contributed by atoms with Gasteiger partial charge in [0.05, 0.1) is 27.0 Å². The molecule has 212 valence electrons. The van der Waals surface area contributed by atoms with Crippen molar-refractivity contribution in [2.24, 2.45) is 5.16 Å². The molecule has 1 amide bonds. The van der Waals surface area contributed by atoms with Crippen LogP contribution in [0.4, 0.5) is 0 Å². The Morgan fingerprint density at radius 1 is 0.923 bits per heavy atom. The summed E-state index contributed by atoms with van der Waals surface area (Å²) in [5, 5.41) is 7.36. The number of amides is 1. The standard InChI is InChI=1S/C30H42N4O5/c1-36-27-21-25-22-28(29(27)37-2)38-20-6-11-26(39-32-23-24-9-4-3-5-10-24)12-17-34-16-8-15-33(18-19-34)14-7-13-31-30(25)35/h3-5,9-10,21-23,26H,6-8,11-20H2,1-2H3,(H,31,35)/b32-23+/t26-/m1/s1. The van der Waals surface area contributed by atoms with E-state index in [4.69, 9.17) is 19.0 Å². The molecule has 0 aliphatic carbocycles. The molecule has 1 N–H and O–H groups in total. The van der Waals surface area contributed by atoms with Crippen LogP contribution in [0, 0.1) is 0 Å². The summed E-state index contributed by atoms with van der Waals surface area (Å²) in [6.45, 7) is 7.27. The van der Waals surface area contributed by atoms with Crippen LogP contribution in [0.2, 0.25) is 0 Å². The Bertz CT molecular complexity index is 1060. The predicted molar refractivity (Wildman–Crippen MR) is 152 cm³/mol. The molecule has 0 spiro atoms. The molecule has 2 aliphatic rings.